The molecule has 134 valence electrons. The van der Waals surface area contributed by atoms with Crippen molar-refractivity contribution < 1.29 is 22.9 Å². The van der Waals surface area contributed by atoms with Crippen molar-refractivity contribution in [3.8, 4) is 11.8 Å². The molecule has 0 aliphatic carbocycles. The monoisotopic (exact) mass is 382 g/mol. The van der Waals surface area contributed by atoms with E-state index in [1.807, 2.05) is 0 Å². The second kappa shape index (κ2) is 7.89. The average Bonchev–Trinajstić information content (AvgIpc) is 2.57. The first-order valence-electron chi connectivity index (χ1n) is 7.07. The number of carbonyl (C=O) groups is 1. The Kier molecular flexibility index (Phi) is 5.85. The van der Waals surface area contributed by atoms with E-state index in [0.717, 1.165) is 24.3 Å². The number of carbonyl (C=O) groups excluding carboxylic acids is 1. The molecule has 9 heteroatoms. The first kappa shape index (κ1) is 19.3. The van der Waals surface area contributed by atoms with Crippen LogP contribution in [0.4, 0.5) is 18.9 Å². The summed E-state index contributed by atoms with van der Waals surface area (Å²) in [5.41, 5.74) is -1.35. The van der Waals surface area contributed by atoms with Crippen molar-refractivity contribution in [1.82, 2.24) is 5.32 Å². The van der Waals surface area contributed by atoms with Gasteiger partial charge in [0.05, 0.1) is 17.0 Å². The summed E-state index contributed by atoms with van der Waals surface area (Å²) in [7, 11) is 0. The summed E-state index contributed by atoms with van der Waals surface area (Å²) in [4.78, 5) is 22.2. The fourth-order valence-corrected chi connectivity index (χ4v) is 2.16. The van der Waals surface area contributed by atoms with Crippen molar-refractivity contribution in [2.24, 2.45) is 0 Å². The zero-order valence-corrected chi connectivity index (χ0v) is 13.7. The maximum atomic E-state index is 12.6. The lowest BCUT2D eigenvalue weighted by Crippen LogP contribution is -2.24. The number of hydrogen-bond acceptors (Lipinski definition) is 3. The third-order valence-corrected chi connectivity index (χ3v) is 3.39. The summed E-state index contributed by atoms with van der Waals surface area (Å²) in [6, 6.07) is 7.96. The molecule has 0 spiro atoms. The Hall–Kier alpha value is -3.05. The Morgan fingerprint density at radius 3 is 2.62 bits per heavy atom. The van der Waals surface area contributed by atoms with Gasteiger partial charge in [-0.25, -0.2) is 0 Å². The number of nitrogens with zero attached hydrogens (tertiary/aromatic N) is 1. The van der Waals surface area contributed by atoms with E-state index in [4.69, 9.17) is 11.6 Å². The predicted molar refractivity (Wildman–Crippen MR) is 88.8 cm³/mol. The van der Waals surface area contributed by atoms with E-state index < -0.39 is 28.3 Å². The lowest BCUT2D eigenvalue weighted by molar-refractivity contribution is -0.385. The van der Waals surface area contributed by atoms with Gasteiger partial charge >= 0.3 is 6.18 Å². The van der Waals surface area contributed by atoms with Gasteiger partial charge in [-0.3, -0.25) is 14.9 Å². The van der Waals surface area contributed by atoms with E-state index in [0.29, 0.717) is 0 Å². The van der Waals surface area contributed by atoms with E-state index in [1.54, 1.807) is 0 Å². The third-order valence-electron chi connectivity index (χ3n) is 3.16. The summed E-state index contributed by atoms with van der Waals surface area (Å²) >= 11 is 5.74. The molecule has 0 unspecified atom stereocenters. The molecule has 2 aromatic rings. The van der Waals surface area contributed by atoms with Crippen LogP contribution < -0.4 is 5.32 Å². The molecule has 0 heterocycles. The number of alkyl halides is 3. The van der Waals surface area contributed by atoms with Crippen LogP contribution in [0.3, 0.4) is 0 Å². The minimum atomic E-state index is -4.47. The van der Waals surface area contributed by atoms with Gasteiger partial charge < -0.3 is 5.32 Å². The van der Waals surface area contributed by atoms with Gasteiger partial charge in [-0.2, -0.15) is 13.2 Å². The van der Waals surface area contributed by atoms with Gasteiger partial charge in [0.15, 0.2) is 0 Å². The molecule has 0 aliphatic rings. The second-order valence-electron chi connectivity index (χ2n) is 4.98. The van der Waals surface area contributed by atoms with Gasteiger partial charge in [0.25, 0.3) is 11.6 Å². The molecule has 0 radical (unpaired) electrons. The van der Waals surface area contributed by atoms with Crippen LogP contribution in [0.25, 0.3) is 0 Å². The Balaban J connectivity index is 2.08. The number of amides is 1. The molecule has 0 saturated carbocycles. The quantitative estimate of drug-likeness (QED) is 0.494. The van der Waals surface area contributed by atoms with Crippen LogP contribution >= 0.6 is 11.6 Å². The zero-order valence-electron chi connectivity index (χ0n) is 12.9. The molecule has 2 aromatic carbocycles. The predicted octanol–water partition coefficient (Wildman–Crippen LogP) is 4.05. The van der Waals surface area contributed by atoms with Crippen LogP contribution in [0.15, 0.2) is 42.5 Å². The number of rotatable bonds is 3. The normalized spacial score (nSPS) is 10.6. The molecule has 0 fully saturated rings. The number of nitro groups is 1. The largest absolute Gasteiger partial charge is 0.416 e. The lowest BCUT2D eigenvalue weighted by atomic mass is 10.1. The summed E-state index contributed by atoms with van der Waals surface area (Å²) in [6.07, 6.45) is -4.47. The van der Waals surface area contributed by atoms with Gasteiger partial charge in [0, 0.05) is 16.7 Å². The number of nitro benzene ring substituents is 1. The molecular weight excluding hydrogens is 373 g/mol. The maximum Gasteiger partial charge on any atom is 0.416 e. The first-order chi connectivity index (χ1) is 12.2. The highest BCUT2D eigenvalue weighted by Crippen LogP contribution is 2.29. The summed E-state index contributed by atoms with van der Waals surface area (Å²) in [6.45, 7) is -0.210. The molecule has 26 heavy (non-hydrogen) atoms. The van der Waals surface area contributed by atoms with Gasteiger partial charge in [0.1, 0.15) is 5.56 Å². The van der Waals surface area contributed by atoms with Crippen molar-refractivity contribution in [3.05, 3.63) is 74.3 Å². The highest BCUT2D eigenvalue weighted by molar-refractivity contribution is 6.31. The van der Waals surface area contributed by atoms with Gasteiger partial charge in [-0.05, 0) is 30.3 Å². The van der Waals surface area contributed by atoms with Crippen LogP contribution in [-0.4, -0.2) is 17.4 Å². The minimum absolute atomic E-state index is 0.128. The minimum Gasteiger partial charge on any atom is -0.341 e. The molecule has 2 rings (SSSR count). The third kappa shape index (κ3) is 4.97. The van der Waals surface area contributed by atoms with E-state index >= 15 is 0 Å². The molecule has 0 aliphatic heterocycles. The van der Waals surface area contributed by atoms with Crippen LogP contribution in [-0.2, 0) is 6.18 Å². The molecule has 0 saturated heterocycles. The van der Waals surface area contributed by atoms with Crippen LogP contribution in [0, 0.1) is 22.0 Å². The first-order valence-corrected chi connectivity index (χ1v) is 7.44. The van der Waals surface area contributed by atoms with Crippen molar-refractivity contribution in [3.63, 3.8) is 0 Å². The number of hydrogen-bond donors (Lipinski definition) is 1. The molecule has 0 aromatic heterocycles. The molecule has 1 N–H and O–H groups in total. The summed E-state index contributed by atoms with van der Waals surface area (Å²) in [5, 5.41) is 13.4. The van der Waals surface area contributed by atoms with Crippen LogP contribution in [0.2, 0.25) is 5.02 Å². The molecule has 5 nitrogen and oxygen atoms in total. The SMILES string of the molecule is O=C(NCC#Cc1cccc(C(F)(F)F)c1)c1cc(Cl)ccc1[N+](=O)[O-]. The Morgan fingerprint density at radius 1 is 1.23 bits per heavy atom. The van der Waals surface area contributed by atoms with E-state index in [2.05, 4.69) is 17.2 Å². The number of halogens is 4. The Labute approximate surface area is 150 Å². The van der Waals surface area contributed by atoms with E-state index in [9.17, 15) is 28.1 Å². The van der Waals surface area contributed by atoms with Gasteiger partial charge in [-0.15, -0.1) is 0 Å². The lowest BCUT2D eigenvalue weighted by Gasteiger charge is -2.06. The van der Waals surface area contributed by atoms with E-state index in [-0.39, 0.29) is 22.7 Å². The molecule has 0 bridgehead atoms. The maximum absolute atomic E-state index is 12.6. The van der Waals surface area contributed by atoms with Crippen molar-refractivity contribution in [1.29, 1.82) is 0 Å². The standard InChI is InChI=1S/C17H10ClF3N2O3/c18-13-6-7-15(23(25)26)14(10-13)16(24)22-8-2-4-11-3-1-5-12(9-11)17(19,20)21/h1,3,5-7,9-10H,8H2,(H,22,24). The highest BCUT2D eigenvalue weighted by atomic mass is 35.5. The molecule has 1 amide bonds. The summed E-state index contributed by atoms with van der Waals surface area (Å²) < 4.78 is 37.8. The van der Waals surface area contributed by atoms with Gasteiger partial charge in [-0.1, -0.05) is 29.5 Å². The van der Waals surface area contributed by atoms with Crippen LogP contribution in [0.5, 0.6) is 0 Å². The van der Waals surface area contributed by atoms with Gasteiger partial charge in [0.2, 0.25) is 0 Å². The Bertz CT molecular complexity index is 917. The average molecular weight is 383 g/mol. The van der Waals surface area contributed by atoms with Crippen LogP contribution in [0.1, 0.15) is 21.5 Å². The fraction of sp³-hybridized carbons (Fsp3) is 0.118. The molecular formula is C17H10ClF3N2O3. The summed E-state index contributed by atoms with van der Waals surface area (Å²) in [5.74, 6) is 4.21. The second-order valence-corrected chi connectivity index (χ2v) is 5.42. The smallest absolute Gasteiger partial charge is 0.341 e. The topological polar surface area (TPSA) is 72.2 Å². The Morgan fingerprint density at radius 2 is 1.96 bits per heavy atom. The van der Waals surface area contributed by atoms with Crippen molar-refractivity contribution >= 4 is 23.2 Å². The van der Waals surface area contributed by atoms with Crippen molar-refractivity contribution in [2.75, 3.05) is 6.54 Å². The number of benzene rings is 2. The van der Waals surface area contributed by atoms with E-state index in [1.165, 1.54) is 18.2 Å². The molecule has 0 atom stereocenters. The van der Waals surface area contributed by atoms with Crippen molar-refractivity contribution in [2.45, 2.75) is 6.18 Å². The fourth-order valence-electron chi connectivity index (χ4n) is 1.99. The highest BCUT2D eigenvalue weighted by Gasteiger charge is 2.30. The number of nitrogens with one attached hydrogen (secondary N) is 1. The zero-order chi connectivity index (χ0) is 19.3.